The second-order valence-electron chi connectivity index (χ2n) is 13.4. The molecule has 5 aromatic rings. The number of halogens is 1. The monoisotopic (exact) mass is 786 g/mol. The van der Waals surface area contributed by atoms with Crippen LogP contribution in [0, 0.1) is 20.2 Å². The number of pyridine rings is 2. The van der Waals surface area contributed by atoms with E-state index in [0.29, 0.717) is 43.0 Å². The summed E-state index contributed by atoms with van der Waals surface area (Å²) in [7, 11) is 0. The lowest BCUT2D eigenvalue weighted by molar-refractivity contribution is -0.384. The van der Waals surface area contributed by atoms with Crippen LogP contribution in [0.25, 0.3) is 21.8 Å². The van der Waals surface area contributed by atoms with E-state index in [1.807, 2.05) is 23.1 Å². The number of benzene rings is 3. The minimum atomic E-state index is -0.517. The van der Waals surface area contributed by atoms with Crippen molar-refractivity contribution in [3.63, 3.8) is 0 Å². The van der Waals surface area contributed by atoms with Crippen molar-refractivity contribution < 1.29 is 24.1 Å². The van der Waals surface area contributed by atoms with Gasteiger partial charge < -0.3 is 35.1 Å². The molecule has 0 spiro atoms. The molecule has 296 valence electrons. The molecule has 2 aromatic heterocycles. The van der Waals surface area contributed by atoms with Gasteiger partial charge in [0.2, 0.25) is 0 Å². The molecule has 0 aliphatic carbocycles. The quantitative estimate of drug-likeness (QED) is 0.104. The van der Waals surface area contributed by atoms with Crippen molar-refractivity contribution in [2.45, 2.75) is 32.1 Å². The van der Waals surface area contributed by atoms with Gasteiger partial charge in [0.25, 0.3) is 11.4 Å². The fourth-order valence-electron chi connectivity index (χ4n) is 6.97. The molecule has 4 aliphatic rings. The largest absolute Gasteiger partial charge is 0.397 e. The van der Waals surface area contributed by atoms with Gasteiger partial charge in [0, 0.05) is 81.2 Å². The first kappa shape index (κ1) is 40.3. The van der Waals surface area contributed by atoms with Crippen LogP contribution in [0.3, 0.4) is 0 Å². The van der Waals surface area contributed by atoms with Crippen LogP contribution in [0.4, 0.5) is 34.1 Å². The first-order valence-corrected chi connectivity index (χ1v) is 19.3. The van der Waals surface area contributed by atoms with E-state index >= 15 is 0 Å². The smallest absolute Gasteiger partial charge is 0.294 e. The number of nitrogen functional groups attached to an aromatic ring is 1. The summed E-state index contributed by atoms with van der Waals surface area (Å²) < 4.78 is 15.8. The molecule has 0 unspecified atom stereocenters. The highest BCUT2D eigenvalue weighted by Crippen LogP contribution is 2.38. The minimum Gasteiger partial charge on any atom is -0.397 e. The molecule has 16 heteroatoms. The van der Waals surface area contributed by atoms with E-state index in [2.05, 4.69) is 26.3 Å². The molecule has 56 heavy (non-hydrogen) atoms. The number of nitro benzene ring substituents is 2. The maximum absolute atomic E-state index is 11.2. The van der Waals surface area contributed by atoms with Crippen molar-refractivity contribution in [3.8, 4) is 0 Å². The Bertz CT molecular complexity index is 2100. The molecule has 3 aromatic carbocycles. The van der Waals surface area contributed by atoms with Crippen LogP contribution in [-0.2, 0) is 20.6 Å². The van der Waals surface area contributed by atoms with Crippen LogP contribution in [-0.4, -0.2) is 92.2 Å². The second-order valence-corrected chi connectivity index (χ2v) is 13.8. The Balaban J connectivity index is 0.000000133. The van der Waals surface area contributed by atoms with Crippen LogP contribution in [0.5, 0.6) is 0 Å². The topological polar surface area (TPSA) is 184 Å². The fraction of sp³-hybridized carbons (Fsp3) is 0.400. The number of hydrogen-bond acceptors (Lipinski definition) is 13. The summed E-state index contributed by atoms with van der Waals surface area (Å²) in [5.74, 6) is 0. The van der Waals surface area contributed by atoms with E-state index in [1.54, 1.807) is 42.7 Å². The average molecular weight is 787 g/mol. The molecule has 3 saturated heterocycles. The highest BCUT2D eigenvalue weighted by molar-refractivity contribution is 6.37. The fourth-order valence-corrected chi connectivity index (χ4v) is 7.26. The van der Waals surface area contributed by atoms with E-state index < -0.39 is 4.92 Å². The van der Waals surface area contributed by atoms with Gasteiger partial charge >= 0.3 is 0 Å². The number of nitro groups is 2. The predicted octanol–water partition coefficient (Wildman–Crippen LogP) is 7.43. The van der Waals surface area contributed by atoms with Gasteiger partial charge in [-0.05, 0) is 68.0 Å². The minimum absolute atomic E-state index is 0.0908. The molecule has 0 amide bonds. The summed E-state index contributed by atoms with van der Waals surface area (Å²) in [6, 6.07) is 17.8. The van der Waals surface area contributed by atoms with Gasteiger partial charge in [-0.1, -0.05) is 29.8 Å². The van der Waals surface area contributed by atoms with Crippen molar-refractivity contribution in [3.05, 3.63) is 104 Å². The molecule has 6 heterocycles. The Morgan fingerprint density at radius 1 is 0.661 bits per heavy atom. The van der Waals surface area contributed by atoms with Gasteiger partial charge in [-0.3, -0.25) is 30.2 Å². The third-order valence-electron chi connectivity index (χ3n) is 9.76. The maximum atomic E-state index is 11.2. The van der Waals surface area contributed by atoms with Crippen molar-refractivity contribution >= 4 is 67.5 Å². The molecule has 3 N–H and O–H groups in total. The lowest BCUT2D eigenvalue weighted by Gasteiger charge is -2.33. The number of morpholine rings is 2. The van der Waals surface area contributed by atoms with E-state index in [-0.39, 0.29) is 21.3 Å². The Labute approximate surface area is 330 Å². The predicted molar refractivity (Wildman–Crippen MR) is 220 cm³/mol. The molecule has 4 aliphatic heterocycles. The molecule has 0 bridgehead atoms. The van der Waals surface area contributed by atoms with Crippen LogP contribution < -0.4 is 20.9 Å². The number of hydrogen-bond donors (Lipinski definition) is 2. The first-order valence-electron chi connectivity index (χ1n) is 18.9. The van der Waals surface area contributed by atoms with Crippen LogP contribution in [0.2, 0.25) is 5.02 Å². The molecular weight excluding hydrogens is 740 g/mol. The third-order valence-corrected chi connectivity index (χ3v) is 10.1. The first-order chi connectivity index (χ1) is 27.3. The standard InChI is InChI=1S/C13H13N3O3.C13H19N3O.C9H5ClN2O2.C5H10O/c17-16(18)11-4-3-10-2-1-5-14-12(10)13(11)15-6-8-19-9-7-15;14-11-4-3-10-2-1-5-15-12(10)13(11)16-6-8-17-9-7-16;10-8-7(12(13)14)4-3-6-2-1-5-11-9(6)8;1-2-4-6-5-3-1/h1-5H,6-9H2;3-4,15H,1-2,5-9,14H2;1-5H;1-5H2. The molecule has 0 radical (unpaired) electrons. The number of aryl methyl sites for hydroxylation is 1. The highest BCUT2D eigenvalue weighted by Gasteiger charge is 2.25. The van der Waals surface area contributed by atoms with E-state index in [1.165, 1.54) is 48.7 Å². The maximum Gasteiger partial charge on any atom is 0.294 e. The van der Waals surface area contributed by atoms with E-state index in [0.717, 1.165) is 68.9 Å². The average Bonchev–Trinajstić information content (AvgIpc) is 3.25. The van der Waals surface area contributed by atoms with Gasteiger partial charge in [0.05, 0.1) is 58.9 Å². The molecule has 0 saturated carbocycles. The third kappa shape index (κ3) is 10.1. The number of ether oxygens (including phenoxy) is 3. The van der Waals surface area contributed by atoms with Gasteiger partial charge in [-0.25, -0.2) is 0 Å². The summed E-state index contributed by atoms with van der Waals surface area (Å²) in [6.45, 7) is 8.97. The zero-order valence-electron chi connectivity index (χ0n) is 31.2. The van der Waals surface area contributed by atoms with Crippen molar-refractivity contribution in [1.82, 2.24) is 9.97 Å². The van der Waals surface area contributed by atoms with Crippen molar-refractivity contribution in [2.75, 3.05) is 93.2 Å². The number of aromatic nitrogens is 2. The number of nitrogens with one attached hydrogen (secondary N) is 1. The molecule has 0 atom stereocenters. The second kappa shape index (κ2) is 20.0. The summed E-state index contributed by atoms with van der Waals surface area (Å²) >= 11 is 5.83. The van der Waals surface area contributed by atoms with Crippen molar-refractivity contribution in [2.24, 2.45) is 0 Å². The number of fused-ring (bicyclic) bond motifs is 3. The van der Waals surface area contributed by atoms with Crippen molar-refractivity contribution in [1.29, 1.82) is 0 Å². The summed E-state index contributed by atoms with van der Waals surface area (Å²) in [5, 5.41) is 27.1. The molecule has 15 nitrogen and oxygen atoms in total. The highest BCUT2D eigenvalue weighted by atomic mass is 35.5. The summed E-state index contributed by atoms with van der Waals surface area (Å²) in [4.78, 5) is 33.5. The Morgan fingerprint density at radius 2 is 1.21 bits per heavy atom. The lowest BCUT2D eigenvalue weighted by atomic mass is 10.0. The van der Waals surface area contributed by atoms with E-state index in [9.17, 15) is 20.2 Å². The van der Waals surface area contributed by atoms with Gasteiger partial charge in [-0.2, -0.15) is 0 Å². The van der Waals surface area contributed by atoms with Gasteiger partial charge in [0.1, 0.15) is 16.2 Å². The summed E-state index contributed by atoms with van der Waals surface area (Å²) in [5.41, 5.74) is 12.6. The lowest BCUT2D eigenvalue weighted by Crippen LogP contribution is -2.37. The van der Waals surface area contributed by atoms with Crippen LogP contribution >= 0.6 is 11.6 Å². The molecular formula is C40H47ClN8O7. The Hall–Kier alpha value is -5.35. The van der Waals surface area contributed by atoms with Gasteiger partial charge in [0.15, 0.2) is 0 Å². The van der Waals surface area contributed by atoms with Crippen LogP contribution in [0.1, 0.15) is 31.2 Å². The zero-order chi connectivity index (χ0) is 39.3. The summed E-state index contributed by atoms with van der Waals surface area (Å²) in [6.07, 6.45) is 9.51. The van der Waals surface area contributed by atoms with Gasteiger partial charge in [-0.15, -0.1) is 0 Å². The SMILES string of the molecule is C1CCOCC1.Nc1ccc2c(c1N1CCOCC1)NCCC2.O=[N+]([O-])c1ccc2cccnc2c1Cl.O=[N+]([O-])c1ccc2cccnc2c1N1CCOCC1. The number of nitrogens with two attached hydrogens (primary N) is 1. The Morgan fingerprint density at radius 3 is 1.79 bits per heavy atom. The Kier molecular flexibility index (Phi) is 14.4. The zero-order valence-corrected chi connectivity index (χ0v) is 32.0. The molecule has 3 fully saturated rings. The molecule has 9 rings (SSSR count). The van der Waals surface area contributed by atoms with Crippen LogP contribution in [0.15, 0.2) is 73.1 Å². The number of nitrogens with zero attached hydrogens (tertiary/aromatic N) is 6. The normalized spacial score (nSPS) is 16.4. The number of anilines is 4. The van der Waals surface area contributed by atoms with E-state index in [4.69, 9.17) is 31.5 Å². The number of rotatable bonds is 4.